The van der Waals surface area contributed by atoms with Crippen LogP contribution in [0.1, 0.15) is 22.2 Å². The predicted molar refractivity (Wildman–Crippen MR) is 73.6 cm³/mol. The lowest BCUT2D eigenvalue weighted by atomic mass is 10.2. The molecule has 0 atom stereocenters. The number of hydrogen-bond donors (Lipinski definition) is 2. The van der Waals surface area contributed by atoms with Crippen molar-refractivity contribution in [2.45, 2.75) is 13.5 Å². The number of thiazole rings is 1. The third-order valence-corrected chi connectivity index (χ3v) is 3.22. The number of carbonyl (C=O) groups is 1. The largest absolute Gasteiger partial charge is 0.494 e. The van der Waals surface area contributed by atoms with Gasteiger partial charge in [-0.05, 0) is 25.1 Å². The van der Waals surface area contributed by atoms with Gasteiger partial charge in [0.1, 0.15) is 10.6 Å². The SMILES string of the molecule is CCOc1ccc(NC(=O)c2cncs2)cc1CO. The van der Waals surface area contributed by atoms with E-state index in [0.717, 1.165) is 0 Å². The molecule has 0 spiro atoms. The van der Waals surface area contributed by atoms with Gasteiger partial charge in [0.05, 0.1) is 24.9 Å². The van der Waals surface area contributed by atoms with Gasteiger partial charge < -0.3 is 15.2 Å². The van der Waals surface area contributed by atoms with E-state index in [-0.39, 0.29) is 12.5 Å². The Morgan fingerprint density at radius 2 is 2.37 bits per heavy atom. The van der Waals surface area contributed by atoms with Crippen molar-refractivity contribution in [2.75, 3.05) is 11.9 Å². The highest BCUT2D eigenvalue weighted by atomic mass is 32.1. The number of nitrogens with one attached hydrogen (secondary N) is 1. The molecule has 0 aliphatic rings. The smallest absolute Gasteiger partial charge is 0.267 e. The van der Waals surface area contributed by atoms with Gasteiger partial charge in [0.25, 0.3) is 5.91 Å². The van der Waals surface area contributed by atoms with E-state index in [1.165, 1.54) is 17.5 Å². The van der Waals surface area contributed by atoms with Gasteiger partial charge in [-0.3, -0.25) is 9.78 Å². The van der Waals surface area contributed by atoms with Crippen molar-refractivity contribution < 1.29 is 14.6 Å². The van der Waals surface area contributed by atoms with Crippen molar-refractivity contribution >= 4 is 22.9 Å². The van der Waals surface area contributed by atoms with Gasteiger partial charge >= 0.3 is 0 Å². The molecule has 0 fully saturated rings. The third kappa shape index (κ3) is 3.30. The number of benzene rings is 1. The van der Waals surface area contributed by atoms with Crippen LogP contribution in [0.5, 0.6) is 5.75 Å². The first kappa shape index (κ1) is 13.5. The van der Waals surface area contributed by atoms with Crippen LogP contribution in [-0.4, -0.2) is 22.6 Å². The van der Waals surface area contributed by atoms with Gasteiger partial charge in [0.2, 0.25) is 0 Å². The molecule has 0 unspecified atom stereocenters. The van der Waals surface area contributed by atoms with E-state index < -0.39 is 0 Å². The van der Waals surface area contributed by atoms with E-state index in [2.05, 4.69) is 10.3 Å². The summed E-state index contributed by atoms with van der Waals surface area (Å²) in [4.78, 5) is 16.2. The van der Waals surface area contributed by atoms with Crippen molar-refractivity contribution in [1.29, 1.82) is 0 Å². The Kier molecular flexibility index (Phi) is 4.48. The minimum absolute atomic E-state index is 0.139. The van der Waals surface area contributed by atoms with Crippen LogP contribution < -0.4 is 10.1 Å². The van der Waals surface area contributed by atoms with Gasteiger partial charge in [0, 0.05) is 11.3 Å². The molecule has 0 saturated heterocycles. The second kappa shape index (κ2) is 6.31. The normalized spacial score (nSPS) is 10.2. The lowest BCUT2D eigenvalue weighted by Crippen LogP contribution is -2.10. The van der Waals surface area contributed by atoms with Gasteiger partial charge in [-0.1, -0.05) is 0 Å². The zero-order valence-electron chi connectivity index (χ0n) is 10.4. The molecule has 1 heterocycles. The Balaban J connectivity index is 2.15. The number of hydrogen-bond acceptors (Lipinski definition) is 5. The van der Waals surface area contributed by atoms with Crippen LogP contribution >= 0.6 is 11.3 Å². The lowest BCUT2D eigenvalue weighted by Gasteiger charge is -2.10. The molecule has 1 aromatic carbocycles. The van der Waals surface area contributed by atoms with Crippen molar-refractivity contribution in [3.05, 3.63) is 40.3 Å². The van der Waals surface area contributed by atoms with Crippen LogP contribution in [0.25, 0.3) is 0 Å². The van der Waals surface area contributed by atoms with Crippen LogP contribution in [0.15, 0.2) is 29.9 Å². The van der Waals surface area contributed by atoms with Crippen LogP contribution in [0.2, 0.25) is 0 Å². The maximum atomic E-state index is 11.9. The summed E-state index contributed by atoms with van der Waals surface area (Å²) in [6.45, 7) is 2.26. The molecule has 19 heavy (non-hydrogen) atoms. The van der Waals surface area contributed by atoms with E-state index in [0.29, 0.717) is 28.5 Å². The number of amides is 1. The average Bonchev–Trinajstić information content (AvgIpc) is 2.94. The minimum atomic E-state index is -0.212. The van der Waals surface area contributed by atoms with E-state index in [4.69, 9.17) is 4.74 Å². The van der Waals surface area contributed by atoms with Crippen LogP contribution in [-0.2, 0) is 6.61 Å². The summed E-state index contributed by atoms with van der Waals surface area (Å²) >= 11 is 1.27. The standard InChI is InChI=1S/C13H14N2O3S/c1-2-18-11-4-3-10(5-9(11)7-16)15-13(17)12-6-14-8-19-12/h3-6,8,16H,2,7H2,1H3,(H,15,17). The number of aromatic nitrogens is 1. The number of aliphatic hydroxyl groups excluding tert-OH is 1. The fourth-order valence-corrected chi connectivity index (χ4v) is 2.11. The molecule has 2 aromatic rings. The summed E-state index contributed by atoms with van der Waals surface area (Å²) in [5.74, 6) is 0.413. The zero-order chi connectivity index (χ0) is 13.7. The number of aliphatic hydroxyl groups is 1. The summed E-state index contributed by atoms with van der Waals surface area (Å²) < 4.78 is 5.38. The van der Waals surface area contributed by atoms with Gasteiger partial charge in [-0.2, -0.15) is 0 Å². The molecular formula is C13H14N2O3S. The van der Waals surface area contributed by atoms with Crippen LogP contribution in [0, 0.1) is 0 Å². The predicted octanol–water partition coefficient (Wildman–Crippen LogP) is 2.29. The molecule has 0 bridgehead atoms. The highest BCUT2D eigenvalue weighted by Gasteiger charge is 2.09. The number of rotatable bonds is 5. The molecule has 1 aromatic heterocycles. The first-order valence-electron chi connectivity index (χ1n) is 5.81. The van der Waals surface area contributed by atoms with E-state index in [9.17, 15) is 9.90 Å². The first-order valence-corrected chi connectivity index (χ1v) is 6.69. The molecule has 0 aliphatic heterocycles. The number of carbonyl (C=O) groups excluding carboxylic acids is 1. The van der Waals surface area contributed by atoms with Crippen molar-refractivity contribution in [3.63, 3.8) is 0 Å². The molecule has 0 saturated carbocycles. The first-order chi connectivity index (χ1) is 9.24. The van der Waals surface area contributed by atoms with Crippen molar-refractivity contribution in [3.8, 4) is 5.75 Å². The second-order valence-electron chi connectivity index (χ2n) is 3.73. The van der Waals surface area contributed by atoms with Crippen molar-refractivity contribution in [2.24, 2.45) is 0 Å². The Labute approximate surface area is 114 Å². The van der Waals surface area contributed by atoms with Crippen LogP contribution in [0.4, 0.5) is 5.69 Å². The summed E-state index contributed by atoms with van der Waals surface area (Å²) in [6, 6.07) is 5.17. The Hall–Kier alpha value is -1.92. The summed E-state index contributed by atoms with van der Waals surface area (Å²) in [5, 5.41) is 12.0. The van der Waals surface area contributed by atoms with Crippen LogP contribution in [0.3, 0.4) is 0 Å². The van der Waals surface area contributed by atoms with E-state index >= 15 is 0 Å². The third-order valence-electron chi connectivity index (χ3n) is 2.44. The fourth-order valence-electron chi connectivity index (χ4n) is 1.60. The molecular weight excluding hydrogens is 264 g/mol. The highest BCUT2D eigenvalue weighted by Crippen LogP contribution is 2.23. The number of anilines is 1. The molecule has 100 valence electrons. The molecule has 2 rings (SSSR count). The highest BCUT2D eigenvalue weighted by molar-refractivity contribution is 7.11. The monoisotopic (exact) mass is 278 g/mol. The Morgan fingerprint density at radius 1 is 1.53 bits per heavy atom. The zero-order valence-corrected chi connectivity index (χ0v) is 11.2. The second-order valence-corrected chi connectivity index (χ2v) is 4.62. The molecule has 1 amide bonds. The maximum absolute atomic E-state index is 11.9. The topological polar surface area (TPSA) is 71.5 Å². The molecule has 2 N–H and O–H groups in total. The number of nitrogens with zero attached hydrogens (tertiary/aromatic N) is 1. The lowest BCUT2D eigenvalue weighted by molar-refractivity contribution is 0.103. The van der Waals surface area contributed by atoms with Gasteiger partial charge in [-0.25, -0.2) is 0 Å². The van der Waals surface area contributed by atoms with E-state index in [1.54, 1.807) is 23.7 Å². The summed E-state index contributed by atoms with van der Waals surface area (Å²) in [6.07, 6.45) is 1.52. The number of ether oxygens (including phenoxy) is 1. The van der Waals surface area contributed by atoms with Gasteiger partial charge in [0.15, 0.2) is 0 Å². The molecule has 0 aliphatic carbocycles. The quantitative estimate of drug-likeness (QED) is 0.880. The minimum Gasteiger partial charge on any atom is -0.494 e. The van der Waals surface area contributed by atoms with Gasteiger partial charge in [-0.15, -0.1) is 11.3 Å². The molecule has 0 radical (unpaired) electrons. The molecule has 6 heteroatoms. The summed E-state index contributed by atoms with van der Waals surface area (Å²) in [7, 11) is 0. The fraction of sp³-hybridized carbons (Fsp3) is 0.231. The van der Waals surface area contributed by atoms with Crippen molar-refractivity contribution in [1.82, 2.24) is 4.98 Å². The Morgan fingerprint density at radius 3 is 3.00 bits per heavy atom. The summed E-state index contributed by atoms with van der Waals surface area (Å²) in [5.41, 5.74) is 2.86. The Bertz CT molecular complexity index is 555. The average molecular weight is 278 g/mol. The maximum Gasteiger partial charge on any atom is 0.267 e. The van der Waals surface area contributed by atoms with E-state index in [1.807, 2.05) is 6.92 Å². The molecule has 5 nitrogen and oxygen atoms in total.